The molecule has 4 nitrogen and oxygen atoms in total. The Labute approximate surface area is 159 Å². The van der Waals surface area contributed by atoms with Crippen molar-refractivity contribution in [2.45, 2.75) is 66.7 Å². The van der Waals surface area contributed by atoms with Crippen LogP contribution in [-0.2, 0) is 16.0 Å². The van der Waals surface area contributed by atoms with Crippen LogP contribution in [-0.4, -0.2) is 11.8 Å². The minimum absolute atomic E-state index is 0. The molecule has 0 radical (unpaired) electrons. The lowest BCUT2D eigenvalue weighted by Crippen LogP contribution is -2.21. The van der Waals surface area contributed by atoms with E-state index in [-0.39, 0.29) is 14.7 Å². The Kier molecular flexibility index (Phi) is 6.78. The average Bonchev–Trinajstić information content (AvgIpc) is 2.58. The molecule has 2 rings (SSSR count). The predicted octanol–water partition coefficient (Wildman–Crippen LogP) is 5.78. The molecule has 0 fully saturated rings. The van der Waals surface area contributed by atoms with Crippen LogP contribution in [0.3, 0.4) is 0 Å². The van der Waals surface area contributed by atoms with E-state index in [9.17, 15) is 9.59 Å². The zero-order chi connectivity index (χ0) is 19.3. The summed E-state index contributed by atoms with van der Waals surface area (Å²) in [5.41, 5.74) is 6.81. The van der Waals surface area contributed by atoms with Gasteiger partial charge in [-0.25, -0.2) is 0 Å². The second-order valence-corrected chi connectivity index (χ2v) is 7.17. The Hall–Kier alpha value is -2.36. The van der Waals surface area contributed by atoms with Crippen LogP contribution >= 0.6 is 0 Å². The number of amides is 2. The van der Waals surface area contributed by atoms with Crippen molar-refractivity contribution in [3.63, 3.8) is 0 Å². The van der Waals surface area contributed by atoms with E-state index >= 15 is 0 Å². The normalized spacial score (nSPS) is 14.1. The molecule has 2 amide bonds. The molecule has 0 atom stereocenters. The van der Waals surface area contributed by atoms with Crippen LogP contribution in [0.1, 0.15) is 67.4 Å². The second kappa shape index (κ2) is 8.84. The number of carbonyl (C=O) groups is 2. The smallest absolute Gasteiger partial charge is 0.255 e. The molecular formula is C22H34N2O2. The van der Waals surface area contributed by atoms with Gasteiger partial charge in [0.1, 0.15) is 0 Å². The first-order chi connectivity index (χ1) is 12.3. The summed E-state index contributed by atoms with van der Waals surface area (Å²) in [7, 11) is 0. The van der Waals surface area contributed by atoms with E-state index in [1.54, 1.807) is 0 Å². The SMILES string of the molecule is CCC/C(CC)=C(\C=C(C)C)C(=O)Nc1cc(C)c2c(c1)CCC(=O)N2.[HH].[HH]. The molecule has 1 aromatic rings. The molecule has 0 saturated carbocycles. The third kappa shape index (κ3) is 4.84. The summed E-state index contributed by atoms with van der Waals surface area (Å²) >= 11 is 0. The number of fused-ring (bicyclic) bond motifs is 1. The fourth-order valence-electron chi connectivity index (χ4n) is 3.38. The lowest BCUT2D eigenvalue weighted by atomic mass is 9.97. The molecule has 4 heteroatoms. The number of aryl methyl sites for hydroxylation is 2. The van der Waals surface area contributed by atoms with E-state index in [0.29, 0.717) is 12.8 Å². The van der Waals surface area contributed by atoms with Gasteiger partial charge in [-0.1, -0.05) is 37.5 Å². The quantitative estimate of drug-likeness (QED) is 0.500. The highest BCUT2D eigenvalue weighted by atomic mass is 16.2. The van der Waals surface area contributed by atoms with Crippen LogP contribution in [0.4, 0.5) is 11.4 Å². The first kappa shape index (κ1) is 20.0. The molecule has 1 aliphatic rings. The first-order valence-corrected chi connectivity index (χ1v) is 9.47. The van der Waals surface area contributed by atoms with E-state index in [2.05, 4.69) is 24.5 Å². The van der Waals surface area contributed by atoms with Gasteiger partial charge in [0, 0.05) is 26.2 Å². The van der Waals surface area contributed by atoms with Crippen LogP contribution in [0.2, 0.25) is 0 Å². The van der Waals surface area contributed by atoms with E-state index in [1.807, 2.05) is 39.0 Å². The van der Waals surface area contributed by atoms with Crippen LogP contribution in [0.25, 0.3) is 0 Å². The summed E-state index contributed by atoms with van der Waals surface area (Å²) < 4.78 is 0. The summed E-state index contributed by atoms with van der Waals surface area (Å²) in [6, 6.07) is 3.90. The molecule has 144 valence electrons. The minimum atomic E-state index is -0.0595. The highest BCUT2D eigenvalue weighted by molar-refractivity contribution is 6.07. The third-order valence-electron chi connectivity index (χ3n) is 4.60. The van der Waals surface area contributed by atoms with Crippen molar-refractivity contribution in [1.82, 2.24) is 0 Å². The molecule has 1 aliphatic heterocycles. The molecule has 2 N–H and O–H groups in total. The molecule has 26 heavy (non-hydrogen) atoms. The van der Waals surface area contributed by atoms with Crippen LogP contribution in [0.5, 0.6) is 0 Å². The summed E-state index contributed by atoms with van der Waals surface area (Å²) in [5.74, 6) is -0.00554. The van der Waals surface area contributed by atoms with Crippen LogP contribution < -0.4 is 10.6 Å². The van der Waals surface area contributed by atoms with Gasteiger partial charge < -0.3 is 10.6 Å². The van der Waals surface area contributed by atoms with Crippen molar-refractivity contribution in [1.29, 1.82) is 0 Å². The Morgan fingerprint density at radius 1 is 1.27 bits per heavy atom. The van der Waals surface area contributed by atoms with Crippen molar-refractivity contribution >= 4 is 23.2 Å². The van der Waals surface area contributed by atoms with Crippen LogP contribution in [0, 0.1) is 6.92 Å². The van der Waals surface area contributed by atoms with Gasteiger partial charge >= 0.3 is 0 Å². The lowest BCUT2D eigenvalue weighted by Gasteiger charge is -2.21. The summed E-state index contributed by atoms with van der Waals surface area (Å²) in [4.78, 5) is 24.6. The van der Waals surface area contributed by atoms with Gasteiger partial charge in [-0.3, -0.25) is 9.59 Å². The molecule has 0 bridgehead atoms. The second-order valence-electron chi connectivity index (χ2n) is 7.17. The standard InChI is InChI=1S/C22H30N2O2.2H2/c1-6-8-16(7-2)19(11-14(3)4)22(26)23-18-12-15(5)21-17(13-18)9-10-20(25)24-21;;/h11-13H,6-10H2,1-5H3,(H,23,26)(H,24,25);2*1H/b19-16+;;. The highest BCUT2D eigenvalue weighted by Crippen LogP contribution is 2.30. The van der Waals surface area contributed by atoms with Crippen LogP contribution in [0.15, 0.2) is 34.9 Å². The van der Waals surface area contributed by atoms with E-state index in [1.165, 1.54) is 5.57 Å². The molecule has 1 heterocycles. The number of carbonyl (C=O) groups excluding carboxylic acids is 2. The zero-order valence-corrected chi connectivity index (χ0v) is 16.6. The number of benzene rings is 1. The van der Waals surface area contributed by atoms with Gasteiger partial charge in [0.2, 0.25) is 5.91 Å². The van der Waals surface area contributed by atoms with Crippen molar-refractivity contribution in [3.05, 3.63) is 46.1 Å². The Balaban J connectivity index is 0.00000364. The Bertz CT molecular complexity index is 779. The molecule has 0 aliphatic carbocycles. The van der Waals surface area contributed by atoms with Gasteiger partial charge in [-0.05, 0) is 63.3 Å². The van der Waals surface area contributed by atoms with Crippen molar-refractivity contribution in [2.75, 3.05) is 10.6 Å². The fraction of sp³-hybridized carbons (Fsp3) is 0.455. The van der Waals surface area contributed by atoms with E-state index in [4.69, 9.17) is 0 Å². The highest BCUT2D eigenvalue weighted by Gasteiger charge is 2.19. The predicted molar refractivity (Wildman–Crippen MR) is 113 cm³/mol. The molecule has 0 aromatic heterocycles. The van der Waals surface area contributed by atoms with E-state index < -0.39 is 0 Å². The maximum absolute atomic E-state index is 13.0. The molecule has 1 aromatic carbocycles. The molecule has 0 saturated heterocycles. The first-order valence-electron chi connectivity index (χ1n) is 9.47. The summed E-state index contributed by atoms with van der Waals surface area (Å²) in [6.45, 7) is 10.2. The summed E-state index contributed by atoms with van der Waals surface area (Å²) in [5, 5.41) is 6.00. The number of allylic oxidation sites excluding steroid dienone is 2. The molecule has 0 unspecified atom stereocenters. The topological polar surface area (TPSA) is 58.2 Å². The van der Waals surface area contributed by atoms with Gasteiger partial charge in [0.05, 0.1) is 0 Å². The fourth-order valence-corrected chi connectivity index (χ4v) is 3.38. The van der Waals surface area contributed by atoms with Gasteiger partial charge in [0.15, 0.2) is 0 Å². The number of hydrogen-bond acceptors (Lipinski definition) is 2. The van der Waals surface area contributed by atoms with Crippen molar-refractivity contribution < 1.29 is 12.4 Å². The van der Waals surface area contributed by atoms with Gasteiger partial charge in [-0.2, -0.15) is 0 Å². The molecular weight excluding hydrogens is 324 g/mol. The lowest BCUT2D eigenvalue weighted by molar-refractivity contribution is -0.116. The number of hydrogen-bond donors (Lipinski definition) is 2. The third-order valence-corrected chi connectivity index (χ3v) is 4.60. The molecule has 0 spiro atoms. The van der Waals surface area contributed by atoms with Gasteiger partial charge in [-0.15, -0.1) is 0 Å². The van der Waals surface area contributed by atoms with E-state index in [0.717, 1.165) is 52.9 Å². The average molecular weight is 359 g/mol. The summed E-state index contributed by atoms with van der Waals surface area (Å²) in [6.07, 6.45) is 6.00. The maximum Gasteiger partial charge on any atom is 0.255 e. The van der Waals surface area contributed by atoms with Gasteiger partial charge in [0.25, 0.3) is 5.91 Å². The van der Waals surface area contributed by atoms with Crippen molar-refractivity contribution in [2.24, 2.45) is 0 Å². The zero-order valence-electron chi connectivity index (χ0n) is 16.6. The number of nitrogens with one attached hydrogen (secondary N) is 2. The van der Waals surface area contributed by atoms with Crippen molar-refractivity contribution in [3.8, 4) is 0 Å². The minimum Gasteiger partial charge on any atom is -0.326 e. The Morgan fingerprint density at radius 2 is 2.00 bits per heavy atom. The largest absolute Gasteiger partial charge is 0.326 e. The monoisotopic (exact) mass is 358 g/mol. The number of rotatable bonds is 6. The Morgan fingerprint density at radius 3 is 2.62 bits per heavy atom. The number of anilines is 2. The maximum atomic E-state index is 13.0.